The number of benzene rings is 2. The van der Waals surface area contributed by atoms with Crippen molar-refractivity contribution in [2.45, 2.75) is 26.9 Å². The van der Waals surface area contributed by atoms with Gasteiger partial charge in [0.15, 0.2) is 0 Å². The van der Waals surface area contributed by atoms with Gasteiger partial charge in [0.2, 0.25) is 0 Å². The van der Waals surface area contributed by atoms with E-state index in [1.165, 1.54) is 16.5 Å². The smallest absolute Gasteiger partial charge is 0.0894 e. The van der Waals surface area contributed by atoms with E-state index in [0.29, 0.717) is 0 Å². The fraction of sp³-hybridized carbons (Fsp3) is 0.235. The van der Waals surface area contributed by atoms with Crippen LogP contribution < -0.4 is 5.32 Å². The standard InChI is InChI=1S/C17H18BrN3/c1-3-21-17-7-5-4-6-14(17)16(20-21)11-19-15-9-8-13(18)10-12(15)2/h4-10,19H,3,11H2,1-2H3. The summed E-state index contributed by atoms with van der Waals surface area (Å²) in [6, 6.07) is 14.7. The van der Waals surface area contributed by atoms with Gasteiger partial charge in [0.25, 0.3) is 0 Å². The van der Waals surface area contributed by atoms with E-state index in [0.717, 1.165) is 28.9 Å². The topological polar surface area (TPSA) is 29.9 Å². The Morgan fingerprint density at radius 1 is 1.19 bits per heavy atom. The highest BCUT2D eigenvalue weighted by Crippen LogP contribution is 2.23. The van der Waals surface area contributed by atoms with Crippen molar-refractivity contribution in [1.82, 2.24) is 9.78 Å². The predicted molar refractivity (Wildman–Crippen MR) is 91.6 cm³/mol. The zero-order valence-electron chi connectivity index (χ0n) is 12.2. The molecule has 0 spiro atoms. The number of hydrogen-bond acceptors (Lipinski definition) is 2. The Bertz CT molecular complexity index is 777. The molecule has 0 unspecified atom stereocenters. The zero-order valence-corrected chi connectivity index (χ0v) is 13.8. The maximum Gasteiger partial charge on any atom is 0.0894 e. The lowest BCUT2D eigenvalue weighted by atomic mass is 10.2. The average molecular weight is 344 g/mol. The van der Waals surface area contributed by atoms with E-state index in [9.17, 15) is 0 Å². The van der Waals surface area contributed by atoms with Crippen molar-refractivity contribution in [3.05, 3.63) is 58.2 Å². The summed E-state index contributed by atoms with van der Waals surface area (Å²) < 4.78 is 3.16. The molecule has 1 aromatic heterocycles. The van der Waals surface area contributed by atoms with Gasteiger partial charge in [0, 0.05) is 22.1 Å². The molecule has 0 aliphatic carbocycles. The van der Waals surface area contributed by atoms with Crippen molar-refractivity contribution in [3.63, 3.8) is 0 Å². The number of anilines is 1. The van der Waals surface area contributed by atoms with Crippen LogP contribution in [0.1, 0.15) is 18.2 Å². The summed E-state index contributed by atoms with van der Waals surface area (Å²) >= 11 is 3.49. The van der Waals surface area contributed by atoms with E-state index in [-0.39, 0.29) is 0 Å². The maximum atomic E-state index is 4.72. The lowest BCUT2D eigenvalue weighted by Crippen LogP contribution is -2.03. The third-order valence-corrected chi connectivity index (χ3v) is 4.16. The second-order valence-electron chi connectivity index (χ2n) is 5.09. The van der Waals surface area contributed by atoms with Crippen molar-refractivity contribution in [3.8, 4) is 0 Å². The highest BCUT2D eigenvalue weighted by Gasteiger charge is 2.09. The molecule has 21 heavy (non-hydrogen) atoms. The first-order valence-corrected chi connectivity index (χ1v) is 7.93. The molecule has 1 heterocycles. The van der Waals surface area contributed by atoms with E-state index in [2.05, 4.69) is 82.2 Å². The Balaban J connectivity index is 1.88. The number of halogens is 1. The molecule has 3 rings (SSSR count). The van der Waals surface area contributed by atoms with Gasteiger partial charge in [-0.2, -0.15) is 5.10 Å². The first kappa shape index (κ1) is 14.1. The number of aromatic nitrogens is 2. The third kappa shape index (κ3) is 2.81. The Morgan fingerprint density at radius 3 is 2.76 bits per heavy atom. The summed E-state index contributed by atoms with van der Waals surface area (Å²) in [4.78, 5) is 0. The molecule has 0 bridgehead atoms. The molecule has 1 N–H and O–H groups in total. The summed E-state index contributed by atoms with van der Waals surface area (Å²) in [6.07, 6.45) is 0. The van der Waals surface area contributed by atoms with Crippen molar-refractivity contribution in [2.75, 3.05) is 5.32 Å². The second kappa shape index (κ2) is 5.90. The number of rotatable bonds is 4. The fourth-order valence-electron chi connectivity index (χ4n) is 2.57. The minimum absolute atomic E-state index is 0.732. The van der Waals surface area contributed by atoms with Crippen LogP contribution in [0, 0.1) is 6.92 Å². The molecule has 0 saturated carbocycles. The van der Waals surface area contributed by atoms with Crippen LogP contribution in [0.15, 0.2) is 46.9 Å². The van der Waals surface area contributed by atoms with Gasteiger partial charge in [-0.25, -0.2) is 0 Å². The maximum absolute atomic E-state index is 4.72. The van der Waals surface area contributed by atoms with Gasteiger partial charge in [0.05, 0.1) is 17.8 Å². The molecule has 2 aromatic carbocycles. The normalized spacial score (nSPS) is 11.0. The third-order valence-electron chi connectivity index (χ3n) is 3.67. The number of nitrogens with zero attached hydrogens (tertiary/aromatic N) is 2. The van der Waals surface area contributed by atoms with Crippen molar-refractivity contribution >= 4 is 32.5 Å². The van der Waals surface area contributed by atoms with E-state index < -0.39 is 0 Å². The lowest BCUT2D eigenvalue weighted by Gasteiger charge is -2.08. The van der Waals surface area contributed by atoms with Gasteiger partial charge in [-0.1, -0.05) is 34.1 Å². The summed E-state index contributed by atoms with van der Waals surface area (Å²) in [7, 11) is 0. The van der Waals surface area contributed by atoms with Crippen LogP contribution in [0.4, 0.5) is 5.69 Å². The van der Waals surface area contributed by atoms with E-state index >= 15 is 0 Å². The van der Waals surface area contributed by atoms with Crippen LogP contribution >= 0.6 is 15.9 Å². The summed E-state index contributed by atoms with van der Waals surface area (Å²) in [5.74, 6) is 0. The van der Waals surface area contributed by atoms with E-state index in [1.807, 2.05) is 0 Å². The quantitative estimate of drug-likeness (QED) is 0.741. The number of para-hydroxylation sites is 1. The number of hydrogen-bond donors (Lipinski definition) is 1. The first-order chi connectivity index (χ1) is 10.2. The van der Waals surface area contributed by atoms with Crippen molar-refractivity contribution in [1.29, 1.82) is 0 Å². The van der Waals surface area contributed by atoms with Gasteiger partial charge < -0.3 is 5.32 Å². The molecular formula is C17H18BrN3. The SMILES string of the molecule is CCn1nc(CNc2ccc(Br)cc2C)c2ccccc21. The Labute approximate surface area is 133 Å². The number of nitrogens with one attached hydrogen (secondary N) is 1. The molecule has 108 valence electrons. The summed E-state index contributed by atoms with van der Waals surface area (Å²) in [6.45, 7) is 5.85. The molecule has 4 heteroatoms. The van der Waals surface area contributed by atoms with Gasteiger partial charge in [-0.05, 0) is 43.7 Å². The molecule has 0 atom stereocenters. The molecule has 3 nitrogen and oxygen atoms in total. The molecular weight excluding hydrogens is 326 g/mol. The molecule has 0 fully saturated rings. The van der Waals surface area contributed by atoms with Gasteiger partial charge in [-0.3, -0.25) is 4.68 Å². The van der Waals surface area contributed by atoms with Gasteiger partial charge in [-0.15, -0.1) is 0 Å². The molecule has 0 aliphatic rings. The minimum Gasteiger partial charge on any atom is -0.379 e. The Kier molecular flexibility index (Phi) is 3.97. The van der Waals surface area contributed by atoms with Gasteiger partial charge >= 0.3 is 0 Å². The molecule has 0 aliphatic heterocycles. The van der Waals surface area contributed by atoms with Crippen LogP contribution in [0.3, 0.4) is 0 Å². The minimum atomic E-state index is 0.732. The number of fused-ring (bicyclic) bond motifs is 1. The molecule has 0 amide bonds. The molecule has 3 aromatic rings. The summed E-state index contributed by atoms with van der Waals surface area (Å²) in [5.41, 5.74) is 4.66. The van der Waals surface area contributed by atoms with Crippen LogP contribution in [0.2, 0.25) is 0 Å². The first-order valence-electron chi connectivity index (χ1n) is 7.13. The fourth-order valence-corrected chi connectivity index (χ4v) is 3.05. The highest BCUT2D eigenvalue weighted by atomic mass is 79.9. The molecule has 0 saturated heterocycles. The van der Waals surface area contributed by atoms with Crippen LogP contribution in [0.5, 0.6) is 0 Å². The monoisotopic (exact) mass is 343 g/mol. The molecule has 0 radical (unpaired) electrons. The summed E-state index contributed by atoms with van der Waals surface area (Å²) in [5, 5.41) is 9.43. The Morgan fingerprint density at radius 2 is 2.00 bits per heavy atom. The second-order valence-corrected chi connectivity index (χ2v) is 6.01. The van der Waals surface area contributed by atoms with Crippen LogP contribution in [0.25, 0.3) is 10.9 Å². The van der Waals surface area contributed by atoms with E-state index in [1.54, 1.807) is 0 Å². The predicted octanol–water partition coefficient (Wildman–Crippen LogP) is 4.74. The van der Waals surface area contributed by atoms with Crippen LogP contribution in [-0.4, -0.2) is 9.78 Å². The number of aryl methyl sites for hydroxylation is 2. The largest absolute Gasteiger partial charge is 0.379 e. The van der Waals surface area contributed by atoms with Crippen LogP contribution in [-0.2, 0) is 13.1 Å². The lowest BCUT2D eigenvalue weighted by molar-refractivity contribution is 0.671. The average Bonchev–Trinajstić information content (AvgIpc) is 2.85. The highest BCUT2D eigenvalue weighted by molar-refractivity contribution is 9.10. The van der Waals surface area contributed by atoms with E-state index in [4.69, 9.17) is 5.10 Å². The van der Waals surface area contributed by atoms with Crippen molar-refractivity contribution in [2.24, 2.45) is 0 Å². The Hall–Kier alpha value is -1.81. The zero-order chi connectivity index (χ0) is 14.8. The van der Waals surface area contributed by atoms with Gasteiger partial charge in [0.1, 0.15) is 0 Å². The van der Waals surface area contributed by atoms with Crippen molar-refractivity contribution < 1.29 is 0 Å².